The van der Waals surface area contributed by atoms with E-state index >= 15 is 0 Å². The molecule has 0 aromatic heterocycles. The first-order valence-corrected chi connectivity index (χ1v) is 4.59. The first kappa shape index (κ1) is 11.3. The average Bonchev–Trinajstić information content (AvgIpc) is 2.27. The Morgan fingerprint density at radius 1 is 1.60 bits per heavy atom. The quantitative estimate of drug-likeness (QED) is 0.483. The summed E-state index contributed by atoms with van der Waals surface area (Å²) in [6.07, 6.45) is 1.40. The van der Waals surface area contributed by atoms with Crippen LogP contribution < -0.4 is 5.09 Å². The van der Waals surface area contributed by atoms with Crippen LogP contribution in [0.1, 0.15) is 15.9 Å². The molecule has 1 rings (SSSR count). The molecule has 78 valence electrons. The molecule has 0 radical (unpaired) electrons. The predicted octanol–water partition coefficient (Wildman–Crippen LogP) is 1.76. The number of rotatable bonds is 3. The van der Waals surface area contributed by atoms with Crippen molar-refractivity contribution in [2.24, 2.45) is 0 Å². The third-order valence-corrected chi connectivity index (χ3v) is 2.10. The normalized spacial score (nSPS) is 9.40. The number of nitro groups is 1. The molecule has 0 spiro atoms. The van der Waals surface area contributed by atoms with E-state index in [0.29, 0.717) is 11.1 Å². The van der Waals surface area contributed by atoms with Gasteiger partial charge >= 0.3 is 0 Å². The molecule has 0 aliphatic heterocycles. The summed E-state index contributed by atoms with van der Waals surface area (Å²) in [5, 5.41) is 12.9. The Morgan fingerprint density at radius 3 is 2.73 bits per heavy atom. The number of nitrogens with zero attached hydrogens (tertiary/aromatic N) is 1. The fourth-order valence-electron chi connectivity index (χ4n) is 1.12. The van der Waals surface area contributed by atoms with E-state index in [0.717, 1.165) is 0 Å². The topological polar surface area (TPSA) is 72.2 Å². The lowest BCUT2D eigenvalue weighted by atomic mass is 10.1. The molecular formula is C9H9N2O3P. The molecule has 1 aromatic rings. The van der Waals surface area contributed by atoms with Crippen molar-refractivity contribution in [3.8, 4) is 0 Å². The Kier molecular flexibility index (Phi) is 3.52. The van der Waals surface area contributed by atoms with Gasteiger partial charge in [-0.25, -0.2) is 0 Å². The van der Waals surface area contributed by atoms with Crippen LogP contribution in [0, 0.1) is 10.1 Å². The Hall–Kier alpha value is -1.74. The Balaban J connectivity index is 3.26. The Morgan fingerprint density at radius 2 is 2.27 bits per heavy atom. The third-order valence-electron chi connectivity index (χ3n) is 1.84. The van der Waals surface area contributed by atoms with Crippen LogP contribution >= 0.6 is 9.39 Å². The smallest absolute Gasteiger partial charge is 0.270 e. The zero-order valence-corrected chi connectivity index (χ0v) is 8.92. The van der Waals surface area contributed by atoms with E-state index in [9.17, 15) is 14.9 Å². The van der Waals surface area contributed by atoms with Crippen molar-refractivity contribution in [1.29, 1.82) is 0 Å². The van der Waals surface area contributed by atoms with Crippen LogP contribution in [0.3, 0.4) is 0 Å². The maximum absolute atomic E-state index is 11.3. The standard InChI is InChI=1S/C9H9N2O3P/c1-2-6-5-7(11(13)14)3-4-8(6)9(12)10-15/h2-5H,1,15H2,(H,10,12). The van der Waals surface area contributed by atoms with Crippen molar-refractivity contribution < 1.29 is 9.72 Å². The molecule has 0 fully saturated rings. The minimum Gasteiger partial charge on any atom is -0.337 e. The highest BCUT2D eigenvalue weighted by Crippen LogP contribution is 2.19. The van der Waals surface area contributed by atoms with Crippen LogP contribution in [0.15, 0.2) is 24.8 Å². The summed E-state index contributed by atoms with van der Waals surface area (Å²) >= 11 is 0. The highest BCUT2D eigenvalue weighted by atomic mass is 31.0. The van der Waals surface area contributed by atoms with Gasteiger partial charge in [-0.3, -0.25) is 14.9 Å². The average molecular weight is 224 g/mol. The van der Waals surface area contributed by atoms with Gasteiger partial charge in [0.05, 0.1) is 4.92 Å². The zero-order valence-electron chi connectivity index (χ0n) is 7.77. The van der Waals surface area contributed by atoms with Crippen molar-refractivity contribution in [3.05, 3.63) is 46.0 Å². The summed E-state index contributed by atoms with van der Waals surface area (Å²) in [7, 11) is 2.07. The molecule has 5 nitrogen and oxygen atoms in total. The van der Waals surface area contributed by atoms with Gasteiger partial charge < -0.3 is 5.09 Å². The Labute approximate surface area is 88.6 Å². The van der Waals surface area contributed by atoms with Gasteiger partial charge in [0.25, 0.3) is 11.6 Å². The van der Waals surface area contributed by atoms with Gasteiger partial charge in [0.1, 0.15) is 0 Å². The van der Waals surface area contributed by atoms with Crippen LogP contribution in [0.25, 0.3) is 6.08 Å². The second kappa shape index (κ2) is 4.66. The van der Waals surface area contributed by atoms with E-state index in [1.54, 1.807) is 0 Å². The molecule has 0 saturated heterocycles. The number of carbonyl (C=O) groups excluding carboxylic acids is 1. The number of hydrogen-bond donors (Lipinski definition) is 1. The summed E-state index contributed by atoms with van der Waals surface area (Å²) in [4.78, 5) is 21.3. The minimum atomic E-state index is -0.518. The Bertz CT molecular complexity index is 431. The summed E-state index contributed by atoms with van der Waals surface area (Å²) < 4.78 is 0. The minimum absolute atomic E-state index is 0.0646. The SMILES string of the molecule is C=Cc1cc([N+](=O)[O-])ccc1C(=O)NP. The molecule has 0 aliphatic carbocycles. The monoisotopic (exact) mass is 224 g/mol. The van der Waals surface area contributed by atoms with E-state index < -0.39 is 4.92 Å². The van der Waals surface area contributed by atoms with Crippen molar-refractivity contribution in [3.63, 3.8) is 0 Å². The molecule has 0 heterocycles. The molecule has 6 heteroatoms. The van der Waals surface area contributed by atoms with Crippen molar-refractivity contribution in [2.45, 2.75) is 0 Å². The van der Waals surface area contributed by atoms with Crippen LogP contribution in [0.5, 0.6) is 0 Å². The molecule has 1 aromatic carbocycles. The number of carbonyl (C=O) groups is 1. The fourth-order valence-corrected chi connectivity index (χ4v) is 1.27. The zero-order chi connectivity index (χ0) is 11.4. The lowest BCUT2D eigenvalue weighted by molar-refractivity contribution is -0.384. The van der Waals surface area contributed by atoms with Gasteiger partial charge in [-0.05, 0) is 21.0 Å². The van der Waals surface area contributed by atoms with Crippen molar-refractivity contribution >= 4 is 27.1 Å². The number of nitrogens with one attached hydrogen (secondary N) is 1. The van der Waals surface area contributed by atoms with Gasteiger partial charge in [0, 0.05) is 17.7 Å². The van der Waals surface area contributed by atoms with Gasteiger partial charge in [-0.1, -0.05) is 12.7 Å². The number of nitro benzene ring substituents is 1. The fraction of sp³-hybridized carbons (Fsp3) is 0. The highest BCUT2D eigenvalue weighted by molar-refractivity contribution is 7.15. The number of benzene rings is 1. The van der Waals surface area contributed by atoms with Gasteiger partial charge in [0.2, 0.25) is 0 Å². The molecule has 0 saturated carbocycles. The third kappa shape index (κ3) is 2.39. The summed E-state index contributed by atoms with van der Waals surface area (Å²) in [6, 6.07) is 3.99. The second-order valence-electron chi connectivity index (χ2n) is 2.71. The number of non-ortho nitro benzene ring substituents is 1. The maximum Gasteiger partial charge on any atom is 0.270 e. The largest absolute Gasteiger partial charge is 0.337 e. The van der Waals surface area contributed by atoms with Crippen LogP contribution in [-0.4, -0.2) is 10.8 Å². The molecule has 0 bridgehead atoms. The molecular weight excluding hydrogens is 215 g/mol. The van der Waals surface area contributed by atoms with Gasteiger partial charge in [-0.15, -0.1) is 0 Å². The lowest BCUT2D eigenvalue weighted by Gasteiger charge is -2.03. The maximum atomic E-state index is 11.3. The van der Waals surface area contributed by atoms with Crippen LogP contribution in [0.2, 0.25) is 0 Å². The predicted molar refractivity (Wildman–Crippen MR) is 60.4 cm³/mol. The van der Waals surface area contributed by atoms with E-state index in [1.807, 2.05) is 0 Å². The molecule has 0 aliphatic rings. The van der Waals surface area contributed by atoms with Crippen LogP contribution in [-0.2, 0) is 0 Å². The van der Waals surface area contributed by atoms with Crippen LogP contribution in [0.4, 0.5) is 5.69 Å². The molecule has 1 N–H and O–H groups in total. The van der Waals surface area contributed by atoms with E-state index in [-0.39, 0.29) is 11.6 Å². The van der Waals surface area contributed by atoms with Crippen molar-refractivity contribution in [2.75, 3.05) is 0 Å². The van der Waals surface area contributed by atoms with Gasteiger partial charge in [-0.2, -0.15) is 0 Å². The first-order valence-electron chi connectivity index (χ1n) is 4.02. The van der Waals surface area contributed by atoms with E-state index in [1.165, 1.54) is 24.3 Å². The molecule has 15 heavy (non-hydrogen) atoms. The van der Waals surface area contributed by atoms with E-state index in [2.05, 4.69) is 21.1 Å². The highest BCUT2D eigenvalue weighted by Gasteiger charge is 2.12. The molecule has 1 amide bonds. The molecule has 1 unspecified atom stereocenters. The second-order valence-corrected chi connectivity index (χ2v) is 2.99. The number of amides is 1. The van der Waals surface area contributed by atoms with Crippen molar-refractivity contribution in [1.82, 2.24) is 5.09 Å². The molecule has 1 atom stereocenters. The lowest BCUT2D eigenvalue weighted by Crippen LogP contribution is -2.13. The number of hydrogen-bond acceptors (Lipinski definition) is 3. The first-order chi connectivity index (χ1) is 7.10. The summed E-state index contributed by atoms with van der Waals surface area (Å²) in [5.41, 5.74) is 0.722. The van der Waals surface area contributed by atoms with Gasteiger partial charge in [0.15, 0.2) is 0 Å². The summed E-state index contributed by atoms with van der Waals surface area (Å²) in [6.45, 7) is 3.50. The van der Waals surface area contributed by atoms with E-state index in [4.69, 9.17) is 0 Å². The summed E-state index contributed by atoms with van der Waals surface area (Å²) in [5.74, 6) is -0.329.